The van der Waals surface area contributed by atoms with Gasteiger partial charge in [0.1, 0.15) is 5.58 Å². The van der Waals surface area contributed by atoms with Gasteiger partial charge in [0.25, 0.3) is 5.56 Å². The lowest BCUT2D eigenvalue weighted by Crippen LogP contribution is -2.36. The minimum Gasteiger partial charge on any atom is -0.464 e. The number of nitrogen functional groups attached to an aromatic ring is 1. The fourth-order valence-corrected chi connectivity index (χ4v) is 3.30. The molecule has 128 valence electrons. The summed E-state index contributed by atoms with van der Waals surface area (Å²) in [4.78, 5) is 33.4. The minimum atomic E-state index is -0.232. The number of hydrogen-bond acceptors (Lipinski definition) is 6. The molecule has 0 spiro atoms. The first kappa shape index (κ1) is 15.9. The molecule has 0 saturated heterocycles. The third-order valence-corrected chi connectivity index (χ3v) is 4.60. The van der Waals surface area contributed by atoms with Crippen LogP contribution in [0.15, 0.2) is 38.5 Å². The first-order valence-corrected chi connectivity index (χ1v) is 8.19. The highest BCUT2D eigenvalue weighted by molar-refractivity contribution is 6.31. The molecule has 1 aliphatic heterocycles. The quantitative estimate of drug-likeness (QED) is 0.722. The van der Waals surface area contributed by atoms with Crippen molar-refractivity contribution in [1.29, 1.82) is 0 Å². The van der Waals surface area contributed by atoms with Crippen LogP contribution in [0.2, 0.25) is 5.02 Å². The normalized spacial score (nSPS) is 14.6. The van der Waals surface area contributed by atoms with E-state index in [1.807, 2.05) is 4.90 Å². The van der Waals surface area contributed by atoms with Crippen LogP contribution in [0, 0.1) is 0 Å². The molecule has 25 heavy (non-hydrogen) atoms. The Bertz CT molecular complexity index is 1090. The van der Waals surface area contributed by atoms with Gasteiger partial charge in [-0.15, -0.1) is 0 Å². The van der Waals surface area contributed by atoms with E-state index in [-0.39, 0.29) is 16.9 Å². The second kappa shape index (κ2) is 6.02. The lowest BCUT2D eigenvalue weighted by atomic mass is 10.1. The Morgan fingerprint density at radius 1 is 1.36 bits per heavy atom. The molecule has 7 nitrogen and oxygen atoms in total. The first-order valence-electron chi connectivity index (χ1n) is 7.81. The Labute approximate surface area is 147 Å². The highest BCUT2D eigenvalue weighted by Gasteiger charge is 2.22. The number of nitrogens with zero attached hydrogens (tertiary/aromatic N) is 2. The molecule has 3 heterocycles. The number of nitrogens with two attached hydrogens (primary N) is 1. The van der Waals surface area contributed by atoms with Crippen molar-refractivity contribution < 1.29 is 4.42 Å². The van der Waals surface area contributed by atoms with E-state index in [0.717, 1.165) is 5.69 Å². The molecule has 4 rings (SSSR count). The van der Waals surface area contributed by atoms with Crippen LogP contribution in [0.1, 0.15) is 16.8 Å². The van der Waals surface area contributed by atoms with Crippen molar-refractivity contribution in [3.05, 3.63) is 66.9 Å². The van der Waals surface area contributed by atoms with E-state index < -0.39 is 0 Å². The van der Waals surface area contributed by atoms with Crippen LogP contribution in [-0.2, 0) is 19.5 Å². The van der Waals surface area contributed by atoms with Gasteiger partial charge in [0, 0.05) is 36.6 Å². The van der Waals surface area contributed by atoms with E-state index >= 15 is 0 Å². The fraction of sp³-hybridized carbons (Fsp3) is 0.235. The van der Waals surface area contributed by atoms with Gasteiger partial charge in [-0.1, -0.05) is 11.6 Å². The lowest BCUT2D eigenvalue weighted by Gasteiger charge is -2.27. The number of anilines is 1. The Kier molecular flexibility index (Phi) is 3.82. The average molecular weight is 359 g/mol. The summed E-state index contributed by atoms with van der Waals surface area (Å²) < 4.78 is 5.55. The first-order chi connectivity index (χ1) is 12.0. The number of fused-ring (bicyclic) bond motifs is 2. The predicted molar refractivity (Wildman–Crippen MR) is 94.6 cm³/mol. The number of H-pyrrole nitrogens is 1. The zero-order chi connectivity index (χ0) is 17.6. The van der Waals surface area contributed by atoms with Crippen molar-refractivity contribution in [2.75, 3.05) is 12.3 Å². The molecule has 0 saturated carbocycles. The third-order valence-electron chi connectivity index (χ3n) is 4.37. The summed E-state index contributed by atoms with van der Waals surface area (Å²) in [5.74, 6) is 0.129. The Morgan fingerprint density at radius 3 is 3.04 bits per heavy atom. The molecule has 2 aromatic heterocycles. The second-order valence-corrected chi connectivity index (χ2v) is 6.50. The maximum Gasteiger partial charge on any atom is 0.257 e. The standard InChI is InChI=1S/C17H15ClN4O3/c18-10-1-2-14-11(5-10)15(23)9(8-25-14)6-22-4-3-13-12(7-22)16(24)21-17(19)20-13/h1-2,5,8H,3-4,6-7H2,(H3,19,20,21,24). The molecule has 0 aliphatic carbocycles. The van der Waals surface area contributed by atoms with Gasteiger partial charge in [-0.3, -0.25) is 19.5 Å². The van der Waals surface area contributed by atoms with Crippen LogP contribution in [-0.4, -0.2) is 21.4 Å². The number of halogens is 1. The second-order valence-electron chi connectivity index (χ2n) is 6.07. The Balaban J connectivity index is 1.65. The maximum atomic E-state index is 12.7. The number of rotatable bonds is 2. The average Bonchev–Trinajstić information content (AvgIpc) is 2.58. The lowest BCUT2D eigenvalue weighted by molar-refractivity contribution is 0.239. The van der Waals surface area contributed by atoms with Crippen molar-refractivity contribution in [2.45, 2.75) is 19.5 Å². The van der Waals surface area contributed by atoms with E-state index in [9.17, 15) is 9.59 Å². The minimum absolute atomic E-state index is 0.112. The molecule has 0 radical (unpaired) electrons. The largest absolute Gasteiger partial charge is 0.464 e. The molecule has 0 fully saturated rings. The molecule has 0 amide bonds. The number of aromatic nitrogens is 2. The molecule has 0 unspecified atom stereocenters. The van der Waals surface area contributed by atoms with Gasteiger partial charge >= 0.3 is 0 Å². The number of hydrogen-bond donors (Lipinski definition) is 2. The predicted octanol–water partition coefficient (Wildman–Crippen LogP) is 1.67. The van der Waals surface area contributed by atoms with E-state index in [4.69, 9.17) is 21.8 Å². The molecule has 0 atom stereocenters. The van der Waals surface area contributed by atoms with Crippen molar-refractivity contribution in [3.63, 3.8) is 0 Å². The van der Waals surface area contributed by atoms with E-state index in [1.54, 1.807) is 18.2 Å². The molecule has 0 bridgehead atoms. The van der Waals surface area contributed by atoms with Crippen molar-refractivity contribution in [2.24, 2.45) is 0 Å². The SMILES string of the molecule is Nc1nc2c(c(=O)[nH]1)CN(Cc1coc3ccc(Cl)cc3c1=O)CC2. The molecular formula is C17H15ClN4O3. The summed E-state index contributed by atoms with van der Waals surface area (Å²) >= 11 is 5.97. The van der Waals surface area contributed by atoms with E-state index in [2.05, 4.69) is 9.97 Å². The molecular weight excluding hydrogens is 344 g/mol. The zero-order valence-electron chi connectivity index (χ0n) is 13.2. The van der Waals surface area contributed by atoms with E-state index in [0.29, 0.717) is 53.2 Å². The molecule has 1 aliphatic rings. The summed E-state index contributed by atoms with van der Waals surface area (Å²) in [5, 5.41) is 0.939. The maximum absolute atomic E-state index is 12.7. The van der Waals surface area contributed by atoms with Crippen LogP contribution in [0.5, 0.6) is 0 Å². The van der Waals surface area contributed by atoms with Gasteiger partial charge < -0.3 is 10.2 Å². The van der Waals surface area contributed by atoms with Crippen LogP contribution < -0.4 is 16.7 Å². The Morgan fingerprint density at radius 2 is 2.20 bits per heavy atom. The van der Waals surface area contributed by atoms with Gasteiger partial charge in [-0.2, -0.15) is 0 Å². The van der Waals surface area contributed by atoms with Gasteiger partial charge in [-0.05, 0) is 18.2 Å². The van der Waals surface area contributed by atoms with Crippen LogP contribution in [0.25, 0.3) is 11.0 Å². The third kappa shape index (κ3) is 2.92. The number of nitrogens with one attached hydrogen (secondary N) is 1. The number of benzene rings is 1. The summed E-state index contributed by atoms with van der Waals surface area (Å²) in [7, 11) is 0. The van der Waals surface area contributed by atoms with Gasteiger partial charge in [0.2, 0.25) is 5.95 Å². The smallest absolute Gasteiger partial charge is 0.257 e. The monoisotopic (exact) mass is 358 g/mol. The highest BCUT2D eigenvalue weighted by Crippen LogP contribution is 2.19. The van der Waals surface area contributed by atoms with Crippen molar-refractivity contribution in [3.8, 4) is 0 Å². The van der Waals surface area contributed by atoms with Crippen molar-refractivity contribution >= 4 is 28.5 Å². The Hall–Kier alpha value is -2.64. The van der Waals surface area contributed by atoms with Gasteiger partial charge in [0.15, 0.2) is 5.43 Å². The fourth-order valence-electron chi connectivity index (χ4n) is 3.13. The van der Waals surface area contributed by atoms with Gasteiger partial charge in [-0.25, -0.2) is 4.98 Å². The summed E-state index contributed by atoms with van der Waals surface area (Å²) in [6.45, 7) is 1.47. The van der Waals surface area contributed by atoms with Crippen LogP contribution in [0.3, 0.4) is 0 Å². The highest BCUT2D eigenvalue weighted by atomic mass is 35.5. The summed E-state index contributed by atoms with van der Waals surface area (Å²) in [6, 6.07) is 4.96. The van der Waals surface area contributed by atoms with E-state index in [1.165, 1.54) is 6.26 Å². The zero-order valence-corrected chi connectivity index (χ0v) is 14.0. The van der Waals surface area contributed by atoms with Gasteiger partial charge in [0.05, 0.1) is 22.9 Å². The molecule has 8 heteroatoms. The topological polar surface area (TPSA) is 105 Å². The molecule has 3 aromatic rings. The summed E-state index contributed by atoms with van der Waals surface area (Å²) in [6.07, 6.45) is 2.08. The van der Waals surface area contributed by atoms with Crippen LogP contribution >= 0.6 is 11.6 Å². The number of aromatic amines is 1. The van der Waals surface area contributed by atoms with Crippen LogP contribution in [0.4, 0.5) is 5.95 Å². The summed E-state index contributed by atoms with van der Waals surface area (Å²) in [5.41, 5.74) is 7.57. The molecule has 1 aromatic carbocycles. The van der Waals surface area contributed by atoms with Crippen molar-refractivity contribution in [1.82, 2.24) is 14.9 Å². The molecule has 3 N–H and O–H groups in total.